The van der Waals surface area contributed by atoms with Gasteiger partial charge in [0.15, 0.2) is 10.3 Å². The molecule has 2 amide bonds. The zero-order valence-corrected chi connectivity index (χ0v) is 40.7. The van der Waals surface area contributed by atoms with Crippen LogP contribution in [-0.4, -0.2) is 77.4 Å². The molecule has 2 aromatic heterocycles. The minimum absolute atomic E-state index is 0.101. The third-order valence-electron chi connectivity index (χ3n) is 11.7. The van der Waals surface area contributed by atoms with Gasteiger partial charge in [-0.3, -0.25) is 18.7 Å². The first kappa shape index (κ1) is 47.2. The molecule has 15 heteroatoms. The summed E-state index contributed by atoms with van der Waals surface area (Å²) in [5, 5.41) is 33.6. The SMILES string of the molecule is CC(=O)NN=C(CSc1nnc(CCN(CCc2nnc(SCC(=O)NN=C(C)c3ccc4ccccc4c3)n2-c2ccccc2)c2ccc(C)cc2)n1-c1ccccc1)c1ccc2ccccc2c1. The quantitative estimate of drug-likeness (QED) is 0.0459. The van der Waals surface area contributed by atoms with Crippen molar-refractivity contribution in [3.63, 3.8) is 0 Å². The Kier molecular flexibility index (Phi) is 15.2. The number of benzene rings is 7. The number of amides is 2. The maximum Gasteiger partial charge on any atom is 0.250 e. The number of nitrogens with zero attached hydrogens (tertiary/aromatic N) is 9. The van der Waals surface area contributed by atoms with Gasteiger partial charge in [0.25, 0.3) is 5.91 Å². The van der Waals surface area contributed by atoms with Crippen LogP contribution in [0.3, 0.4) is 0 Å². The number of fused-ring (bicyclic) bond motifs is 2. The number of aryl methyl sites for hydroxylation is 1. The van der Waals surface area contributed by atoms with Crippen molar-refractivity contribution < 1.29 is 9.59 Å². The molecule has 0 unspecified atom stereocenters. The van der Waals surface area contributed by atoms with Crippen LogP contribution >= 0.6 is 23.5 Å². The number of rotatable bonds is 19. The molecule has 0 atom stereocenters. The molecule has 0 aliphatic rings. The van der Waals surface area contributed by atoms with Gasteiger partial charge in [-0.05, 0) is 95.1 Å². The normalized spacial score (nSPS) is 11.8. The van der Waals surface area contributed by atoms with E-state index in [2.05, 4.69) is 127 Å². The van der Waals surface area contributed by atoms with E-state index in [4.69, 9.17) is 15.3 Å². The molecule has 2 N–H and O–H groups in total. The molecule has 9 aromatic rings. The van der Waals surface area contributed by atoms with Gasteiger partial charge < -0.3 is 4.90 Å². The van der Waals surface area contributed by atoms with Crippen LogP contribution in [0.15, 0.2) is 190 Å². The minimum atomic E-state index is -0.245. The van der Waals surface area contributed by atoms with Gasteiger partial charge in [-0.1, -0.05) is 150 Å². The molecule has 7 aromatic carbocycles. The topological polar surface area (TPSA) is 148 Å². The van der Waals surface area contributed by atoms with Crippen LogP contribution in [0.2, 0.25) is 0 Å². The van der Waals surface area contributed by atoms with Crippen molar-refractivity contribution in [2.24, 2.45) is 10.2 Å². The highest BCUT2D eigenvalue weighted by Crippen LogP contribution is 2.27. The Hall–Kier alpha value is -7.88. The summed E-state index contributed by atoms with van der Waals surface area (Å²) in [6.45, 7) is 6.68. The Bertz CT molecular complexity index is 3320. The molecule has 2 heterocycles. The molecule has 13 nitrogen and oxygen atoms in total. The van der Waals surface area contributed by atoms with Crippen molar-refractivity contribution >= 4 is 74.0 Å². The van der Waals surface area contributed by atoms with E-state index in [9.17, 15) is 9.59 Å². The minimum Gasteiger partial charge on any atom is -0.371 e. The molecular weight excluding hydrogens is 911 g/mol. The number of hydrogen-bond acceptors (Lipinski definition) is 11. The summed E-state index contributed by atoms with van der Waals surface area (Å²) >= 11 is 2.83. The number of hydrogen-bond donors (Lipinski definition) is 2. The molecule has 350 valence electrons. The van der Waals surface area contributed by atoms with Gasteiger partial charge in [-0.25, -0.2) is 10.9 Å². The summed E-state index contributed by atoms with van der Waals surface area (Å²) in [5.41, 5.74) is 12.8. The summed E-state index contributed by atoms with van der Waals surface area (Å²) in [5.74, 6) is 1.62. The zero-order valence-electron chi connectivity index (χ0n) is 39.1. The Labute approximate surface area is 415 Å². The average Bonchev–Trinajstić information content (AvgIpc) is 4.01. The Morgan fingerprint density at radius 3 is 1.60 bits per heavy atom. The molecule has 0 aliphatic heterocycles. The fourth-order valence-corrected chi connectivity index (χ4v) is 9.69. The van der Waals surface area contributed by atoms with Crippen LogP contribution in [0, 0.1) is 6.92 Å². The fourth-order valence-electron chi connectivity index (χ4n) is 8.00. The standard InChI is InChI=1S/C55H51N11O2S2/c1-38-22-28-47(29-23-38)64(32-30-51-59-62-54(65(51)48-18-6-4-7-19-48)69-36-50(58-57-40(3)67)46-27-25-42-15-11-13-17-45(42)35-46)33-31-52-60-63-55(66(52)49-20-8-5-9-21-49)70-37-53(68)61-56-39(2)43-26-24-41-14-10-12-16-44(41)34-43/h4-29,34-35H,30-33,36-37H2,1-3H3,(H,57,67)(H,61,68). The van der Waals surface area contributed by atoms with Gasteiger partial charge >= 0.3 is 0 Å². The number of aromatic nitrogens is 6. The maximum absolute atomic E-state index is 13.2. The van der Waals surface area contributed by atoms with Crippen molar-refractivity contribution in [3.05, 3.63) is 198 Å². The summed E-state index contributed by atoms with van der Waals surface area (Å²) < 4.78 is 4.14. The first-order chi connectivity index (χ1) is 34.3. The molecule has 70 heavy (non-hydrogen) atoms. The zero-order chi connectivity index (χ0) is 48.2. The van der Waals surface area contributed by atoms with E-state index >= 15 is 0 Å². The van der Waals surface area contributed by atoms with Crippen molar-refractivity contribution in [1.29, 1.82) is 0 Å². The van der Waals surface area contributed by atoms with Crippen molar-refractivity contribution in [2.75, 3.05) is 29.5 Å². The highest BCUT2D eigenvalue weighted by molar-refractivity contribution is 8.00. The summed E-state index contributed by atoms with van der Waals surface area (Å²) in [6.07, 6.45) is 1.15. The first-order valence-electron chi connectivity index (χ1n) is 23.0. The molecule has 0 fully saturated rings. The lowest BCUT2D eigenvalue weighted by atomic mass is 10.0. The van der Waals surface area contributed by atoms with Crippen LogP contribution in [0.5, 0.6) is 0 Å². The predicted octanol–water partition coefficient (Wildman–Crippen LogP) is 10.0. The van der Waals surface area contributed by atoms with Gasteiger partial charge in [0.2, 0.25) is 5.91 Å². The highest BCUT2D eigenvalue weighted by Gasteiger charge is 2.21. The Morgan fingerprint density at radius 1 is 0.543 bits per heavy atom. The molecule has 0 radical (unpaired) electrons. The number of hydrazone groups is 2. The van der Waals surface area contributed by atoms with E-state index in [0.717, 1.165) is 61.4 Å². The summed E-state index contributed by atoms with van der Waals surface area (Å²) in [6, 6.07) is 57.3. The van der Waals surface area contributed by atoms with E-state index in [1.165, 1.54) is 36.0 Å². The molecule has 0 saturated heterocycles. The van der Waals surface area contributed by atoms with Crippen LogP contribution in [0.1, 0.15) is 42.2 Å². The molecule has 0 aliphatic carbocycles. The predicted molar refractivity (Wildman–Crippen MR) is 284 cm³/mol. The molecule has 0 spiro atoms. The van der Waals surface area contributed by atoms with Crippen molar-refractivity contribution in [2.45, 2.75) is 43.9 Å². The van der Waals surface area contributed by atoms with E-state index in [0.29, 0.717) is 53.4 Å². The van der Waals surface area contributed by atoms with E-state index < -0.39 is 0 Å². The van der Waals surface area contributed by atoms with Gasteiger partial charge in [0, 0.05) is 55.7 Å². The lowest BCUT2D eigenvalue weighted by molar-refractivity contribution is -0.119. The molecule has 9 rings (SSSR count). The van der Waals surface area contributed by atoms with Crippen LogP contribution in [-0.2, 0) is 22.4 Å². The van der Waals surface area contributed by atoms with Gasteiger partial charge in [-0.2, -0.15) is 10.2 Å². The second-order valence-electron chi connectivity index (χ2n) is 16.6. The van der Waals surface area contributed by atoms with Crippen LogP contribution in [0.25, 0.3) is 32.9 Å². The second kappa shape index (κ2) is 22.5. The van der Waals surface area contributed by atoms with Gasteiger partial charge in [0.05, 0.1) is 17.2 Å². The van der Waals surface area contributed by atoms with Crippen molar-refractivity contribution in [3.8, 4) is 11.4 Å². The number of thioether (sulfide) groups is 2. The van der Waals surface area contributed by atoms with E-state index in [-0.39, 0.29) is 17.6 Å². The number of para-hydroxylation sites is 2. The monoisotopic (exact) mass is 961 g/mol. The maximum atomic E-state index is 13.2. The Balaban J connectivity index is 0.924. The lowest BCUT2D eigenvalue weighted by Crippen LogP contribution is -2.29. The number of nitrogens with one attached hydrogen (secondary N) is 2. The first-order valence-corrected chi connectivity index (χ1v) is 24.9. The summed E-state index contributed by atoms with van der Waals surface area (Å²) in [4.78, 5) is 27.6. The lowest BCUT2D eigenvalue weighted by Gasteiger charge is -2.25. The number of carbonyl (C=O) groups is 2. The van der Waals surface area contributed by atoms with E-state index in [1.54, 1.807) is 0 Å². The largest absolute Gasteiger partial charge is 0.371 e. The Morgan fingerprint density at radius 2 is 1.04 bits per heavy atom. The van der Waals surface area contributed by atoms with Crippen LogP contribution < -0.4 is 15.8 Å². The third-order valence-corrected chi connectivity index (χ3v) is 13.5. The van der Waals surface area contributed by atoms with Gasteiger partial charge in [0.1, 0.15) is 11.6 Å². The molecule has 0 saturated carbocycles. The van der Waals surface area contributed by atoms with E-state index in [1.807, 2.05) is 96.4 Å². The van der Waals surface area contributed by atoms with Gasteiger partial charge in [-0.15, -0.1) is 20.4 Å². The highest BCUT2D eigenvalue weighted by atomic mass is 32.2. The molecule has 0 bridgehead atoms. The third kappa shape index (κ3) is 11.7. The number of carbonyl (C=O) groups excluding carboxylic acids is 2. The average molecular weight is 962 g/mol. The number of anilines is 1. The molecular formula is C55H51N11O2S2. The fraction of sp³-hybridized carbons (Fsp3) is 0.164. The smallest absolute Gasteiger partial charge is 0.250 e. The summed E-state index contributed by atoms with van der Waals surface area (Å²) in [7, 11) is 0. The van der Waals surface area contributed by atoms with Crippen molar-refractivity contribution in [1.82, 2.24) is 40.4 Å². The second-order valence-corrected chi connectivity index (χ2v) is 18.5. The van der Waals surface area contributed by atoms with Crippen LogP contribution in [0.4, 0.5) is 5.69 Å².